The van der Waals surface area contributed by atoms with E-state index < -0.39 is 17.6 Å². The normalized spacial score (nSPS) is 15.8. The Hall–Kier alpha value is -4.43. The third-order valence-corrected chi connectivity index (χ3v) is 6.74. The van der Waals surface area contributed by atoms with Crippen molar-refractivity contribution >= 4 is 28.4 Å². The molecule has 1 aliphatic rings. The Morgan fingerprint density at radius 1 is 1.18 bits per heavy atom. The van der Waals surface area contributed by atoms with E-state index in [-0.39, 0.29) is 11.4 Å². The maximum atomic E-state index is 13.0. The van der Waals surface area contributed by atoms with Gasteiger partial charge in [-0.1, -0.05) is 18.1 Å². The number of likely N-dealkylation sites (tertiary alicyclic amines) is 1. The number of rotatable bonds is 4. The Labute approximate surface area is 223 Å². The van der Waals surface area contributed by atoms with E-state index in [0.29, 0.717) is 40.4 Å². The number of aromatic nitrogens is 4. The fourth-order valence-electron chi connectivity index (χ4n) is 4.67. The summed E-state index contributed by atoms with van der Waals surface area (Å²) in [6.45, 7) is 4.57. The van der Waals surface area contributed by atoms with Gasteiger partial charge < -0.3 is 16.0 Å². The number of hydrogen-bond acceptors (Lipinski definition) is 6. The monoisotopic (exact) mass is 533 g/mol. The van der Waals surface area contributed by atoms with Crippen molar-refractivity contribution in [1.82, 2.24) is 24.6 Å². The van der Waals surface area contributed by atoms with E-state index in [1.54, 1.807) is 18.2 Å². The Kier molecular flexibility index (Phi) is 6.97. The van der Waals surface area contributed by atoms with E-state index in [0.717, 1.165) is 37.2 Å². The topological polar surface area (TPSA) is 102 Å². The Morgan fingerprint density at radius 3 is 2.74 bits per heavy atom. The number of alkyl halides is 3. The van der Waals surface area contributed by atoms with Gasteiger partial charge >= 0.3 is 6.18 Å². The SMILES string of the molecule is Cc1ccc(NC(=O)c2cccc(C(F)(F)F)c2)cc1C#Cc1nn(CC2CCN(C)C2)c2ncnc(N)c12. The number of halogens is 3. The summed E-state index contributed by atoms with van der Waals surface area (Å²) >= 11 is 0. The lowest BCUT2D eigenvalue weighted by molar-refractivity contribution is -0.137. The minimum absolute atomic E-state index is 0.0982. The van der Waals surface area contributed by atoms with Crippen molar-refractivity contribution in [1.29, 1.82) is 0 Å². The van der Waals surface area contributed by atoms with Gasteiger partial charge in [-0.05, 0) is 74.7 Å². The molecule has 0 saturated carbocycles. The molecule has 2 aromatic heterocycles. The molecule has 200 valence electrons. The molecule has 8 nitrogen and oxygen atoms in total. The number of hydrogen-bond donors (Lipinski definition) is 2. The van der Waals surface area contributed by atoms with Crippen LogP contribution in [0.5, 0.6) is 0 Å². The average molecular weight is 534 g/mol. The standard InChI is InChI=1S/C28H26F3N7O/c1-17-6-8-22(35-27(39)20-4-3-5-21(12-20)28(29,30)31)13-19(17)7-9-23-24-25(32)33-16-34-26(24)38(36-23)15-18-10-11-37(2)14-18/h3-6,8,12-13,16,18H,10-11,14-15H2,1-2H3,(H,35,39)(H2,32,33,34). The molecule has 0 radical (unpaired) electrons. The first-order valence-electron chi connectivity index (χ1n) is 12.4. The number of nitrogens with one attached hydrogen (secondary N) is 1. The van der Waals surface area contributed by atoms with Crippen LogP contribution in [0.4, 0.5) is 24.7 Å². The predicted octanol–water partition coefficient (Wildman–Crippen LogP) is 4.34. The van der Waals surface area contributed by atoms with E-state index in [9.17, 15) is 18.0 Å². The molecule has 1 fully saturated rings. The fraction of sp³-hybridized carbons (Fsp3) is 0.286. The quantitative estimate of drug-likeness (QED) is 0.379. The molecule has 11 heteroatoms. The first-order chi connectivity index (χ1) is 18.6. The van der Waals surface area contributed by atoms with Gasteiger partial charge in [0.15, 0.2) is 5.65 Å². The minimum Gasteiger partial charge on any atom is -0.383 e. The van der Waals surface area contributed by atoms with Crippen molar-refractivity contribution in [3.63, 3.8) is 0 Å². The zero-order valence-corrected chi connectivity index (χ0v) is 21.4. The highest BCUT2D eigenvalue weighted by molar-refractivity contribution is 6.04. The average Bonchev–Trinajstić information content (AvgIpc) is 3.47. The van der Waals surface area contributed by atoms with Crippen LogP contribution in [0.3, 0.4) is 0 Å². The lowest BCUT2D eigenvalue weighted by Gasteiger charge is -2.10. The molecule has 1 atom stereocenters. The third-order valence-electron chi connectivity index (χ3n) is 6.74. The number of carbonyl (C=O) groups is 1. The van der Waals surface area contributed by atoms with Crippen LogP contribution in [-0.4, -0.2) is 50.7 Å². The summed E-state index contributed by atoms with van der Waals surface area (Å²) in [4.78, 5) is 23.5. The Balaban J connectivity index is 1.42. The number of anilines is 2. The van der Waals surface area contributed by atoms with E-state index in [1.807, 2.05) is 11.6 Å². The van der Waals surface area contributed by atoms with Crippen LogP contribution >= 0.6 is 0 Å². The van der Waals surface area contributed by atoms with E-state index in [2.05, 4.69) is 39.1 Å². The van der Waals surface area contributed by atoms with Gasteiger partial charge in [0, 0.05) is 29.9 Å². The zero-order chi connectivity index (χ0) is 27.7. The summed E-state index contributed by atoms with van der Waals surface area (Å²) in [5.41, 5.74) is 8.13. The van der Waals surface area contributed by atoms with Crippen molar-refractivity contribution in [2.75, 3.05) is 31.2 Å². The summed E-state index contributed by atoms with van der Waals surface area (Å²) in [7, 11) is 2.09. The molecule has 0 aliphatic carbocycles. The molecule has 39 heavy (non-hydrogen) atoms. The van der Waals surface area contributed by atoms with Crippen LogP contribution in [0, 0.1) is 24.7 Å². The lowest BCUT2D eigenvalue weighted by atomic mass is 10.1. The second-order valence-corrected chi connectivity index (χ2v) is 9.72. The van der Waals surface area contributed by atoms with Crippen molar-refractivity contribution < 1.29 is 18.0 Å². The van der Waals surface area contributed by atoms with Crippen molar-refractivity contribution in [2.45, 2.75) is 26.1 Å². The molecule has 3 N–H and O–H groups in total. The highest BCUT2D eigenvalue weighted by Crippen LogP contribution is 2.30. The molecule has 0 spiro atoms. The molecule has 1 amide bonds. The predicted molar refractivity (Wildman–Crippen MR) is 142 cm³/mol. The fourth-order valence-corrected chi connectivity index (χ4v) is 4.67. The van der Waals surface area contributed by atoms with Gasteiger partial charge in [-0.3, -0.25) is 4.79 Å². The van der Waals surface area contributed by atoms with Crippen molar-refractivity contribution in [2.24, 2.45) is 5.92 Å². The smallest absolute Gasteiger partial charge is 0.383 e. The van der Waals surface area contributed by atoms with Gasteiger partial charge in [-0.15, -0.1) is 0 Å². The van der Waals surface area contributed by atoms with Crippen LogP contribution < -0.4 is 11.1 Å². The number of benzene rings is 2. The molecule has 1 saturated heterocycles. The highest BCUT2D eigenvalue weighted by Gasteiger charge is 2.31. The lowest BCUT2D eigenvalue weighted by Crippen LogP contribution is -2.17. The highest BCUT2D eigenvalue weighted by atomic mass is 19.4. The number of nitrogens with zero attached hydrogens (tertiary/aromatic N) is 5. The molecular formula is C28H26F3N7O. The summed E-state index contributed by atoms with van der Waals surface area (Å²) in [6.07, 6.45) is -2.06. The van der Waals surface area contributed by atoms with Crippen LogP contribution in [0.15, 0.2) is 48.8 Å². The maximum absolute atomic E-state index is 13.0. The molecule has 2 aromatic carbocycles. The number of carbonyl (C=O) groups excluding carboxylic acids is 1. The van der Waals surface area contributed by atoms with E-state index in [4.69, 9.17) is 10.8 Å². The summed E-state index contributed by atoms with van der Waals surface area (Å²) < 4.78 is 41.0. The van der Waals surface area contributed by atoms with Crippen molar-refractivity contribution in [3.05, 3.63) is 76.7 Å². The Morgan fingerprint density at radius 2 is 2.00 bits per heavy atom. The summed E-state index contributed by atoms with van der Waals surface area (Å²) in [6, 6.07) is 9.39. The van der Waals surface area contributed by atoms with Crippen LogP contribution in [-0.2, 0) is 12.7 Å². The molecule has 4 aromatic rings. The van der Waals surface area contributed by atoms with Crippen LogP contribution in [0.25, 0.3) is 11.0 Å². The molecule has 1 aliphatic heterocycles. The van der Waals surface area contributed by atoms with Gasteiger partial charge in [-0.2, -0.15) is 18.3 Å². The van der Waals surface area contributed by atoms with Gasteiger partial charge in [0.25, 0.3) is 5.91 Å². The maximum Gasteiger partial charge on any atom is 0.416 e. The van der Waals surface area contributed by atoms with E-state index in [1.165, 1.54) is 18.5 Å². The first kappa shape index (κ1) is 26.2. The van der Waals surface area contributed by atoms with E-state index >= 15 is 0 Å². The third kappa shape index (κ3) is 5.71. The van der Waals surface area contributed by atoms with Gasteiger partial charge in [0.1, 0.15) is 17.8 Å². The first-order valence-corrected chi connectivity index (χ1v) is 12.4. The largest absolute Gasteiger partial charge is 0.416 e. The molecule has 0 bridgehead atoms. The number of nitrogens with two attached hydrogens (primary N) is 1. The van der Waals surface area contributed by atoms with Gasteiger partial charge in [0.05, 0.1) is 10.9 Å². The van der Waals surface area contributed by atoms with Crippen molar-refractivity contribution in [3.8, 4) is 11.8 Å². The van der Waals surface area contributed by atoms with Gasteiger partial charge in [0.2, 0.25) is 0 Å². The zero-order valence-electron chi connectivity index (χ0n) is 21.4. The summed E-state index contributed by atoms with van der Waals surface area (Å²) in [5.74, 6) is 6.26. The molecule has 1 unspecified atom stereocenters. The molecular weight excluding hydrogens is 507 g/mol. The number of aryl methyl sites for hydroxylation is 1. The minimum atomic E-state index is -4.54. The molecule has 3 heterocycles. The van der Waals surface area contributed by atoms with Crippen LogP contribution in [0.2, 0.25) is 0 Å². The number of fused-ring (bicyclic) bond motifs is 1. The number of nitrogen functional groups attached to an aromatic ring is 1. The molecule has 5 rings (SSSR count). The Bertz CT molecular complexity index is 1620. The number of amides is 1. The second kappa shape index (κ2) is 10.4. The second-order valence-electron chi connectivity index (χ2n) is 9.72. The van der Waals surface area contributed by atoms with Gasteiger partial charge in [-0.25, -0.2) is 14.6 Å². The summed E-state index contributed by atoms with van der Waals surface area (Å²) in [5, 5.41) is 7.94. The van der Waals surface area contributed by atoms with Crippen LogP contribution in [0.1, 0.15) is 39.2 Å².